The van der Waals surface area contributed by atoms with E-state index >= 15 is 0 Å². The summed E-state index contributed by atoms with van der Waals surface area (Å²) in [5.74, 6) is 0.0194. The number of nitrogens with zero attached hydrogens (tertiary/aromatic N) is 2. The smallest absolute Gasteiger partial charge is 0.252 e. The van der Waals surface area contributed by atoms with Crippen molar-refractivity contribution in [3.05, 3.63) is 38.8 Å². The molecule has 2 aromatic heterocycles. The topological polar surface area (TPSA) is 44.1 Å². The predicted octanol–water partition coefficient (Wildman–Crippen LogP) is 4.92. The Morgan fingerprint density at radius 2 is 2.21 bits per heavy atom. The first kappa shape index (κ1) is 17.6. The molecule has 130 valence electrons. The van der Waals surface area contributed by atoms with Gasteiger partial charge in [-0.15, -0.1) is 11.3 Å². The molecule has 0 spiro atoms. The van der Waals surface area contributed by atoms with Gasteiger partial charge in [0.1, 0.15) is 6.10 Å². The van der Waals surface area contributed by atoms with Crippen molar-refractivity contribution in [1.29, 1.82) is 0 Å². The molecule has 0 amide bonds. The Morgan fingerprint density at radius 1 is 1.42 bits per heavy atom. The van der Waals surface area contributed by atoms with E-state index in [1.807, 2.05) is 39.0 Å². The highest BCUT2D eigenvalue weighted by Gasteiger charge is 2.29. The van der Waals surface area contributed by atoms with E-state index in [2.05, 4.69) is 5.10 Å². The minimum atomic E-state index is -0.471. The van der Waals surface area contributed by atoms with Crippen molar-refractivity contribution < 1.29 is 9.53 Å². The van der Waals surface area contributed by atoms with Gasteiger partial charge < -0.3 is 4.74 Å². The monoisotopic (exact) mass is 366 g/mol. The lowest BCUT2D eigenvalue weighted by Crippen LogP contribution is -2.29. The molecule has 0 saturated carbocycles. The molecule has 0 aromatic carbocycles. The first-order valence-electron chi connectivity index (χ1n) is 8.34. The molecule has 0 aliphatic carbocycles. The lowest BCUT2D eigenvalue weighted by Gasteiger charge is -2.17. The number of carbonyl (C=O) groups excluding carboxylic acids is 1. The minimum Gasteiger partial charge on any atom is -0.372 e. The summed E-state index contributed by atoms with van der Waals surface area (Å²) in [6, 6.07) is 5.99. The number of thiophene rings is 1. The van der Waals surface area contributed by atoms with E-state index in [0.29, 0.717) is 0 Å². The zero-order chi connectivity index (χ0) is 17.3. The van der Waals surface area contributed by atoms with Crippen LogP contribution in [-0.4, -0.2) is 22.3 Å². The van der Waals surface area contributed by atoms with Crippen LogP contribution >= 0.6 is 22.9 Å². The van der Waals surface area contributed by atoms with E-state index in [-0.39, 0.29) is 12.0 Å². The molecule has 1 saturated heterocycles. The fraction of sp³-hybridized carbons (Fsp3) is 0.556. The average molecular weight is 367 g/mol. The molecule has 24 heavy (non-hydrogen) atoms. The second-order valence-corrected chi connectivity index (χ2v) is 9.03. The summed E-state index contributed by atoms with van der Waals surface area (Å²) in [4.78, 5) is 14.0. The van der Waals surface area contributed by atoms with Crippen molar-refractivity contribution in [3.63, 3.8) is 0 Å². The Balaban J connectivity index is 1.85. The maximum atomic E-state index is 12.8. The molecule has 6 heteroatoms. The fourth-order valence-electron chi connectivity index (χ4n) is 2.82. The van der Waals surface area contributed by atoms with Crippen molar-refractivity contribution in [3.8, 4) is 0 Å². The van der Waals surface area contributed by atoms with E-state index in [1.165, 1.54) is 4.88 Å². The molecule has 0 N–H and O–H groups in total. The highest BCUT2D eigenvalue weighted by atomic mass is 35.5. The Bertz CT molecular complexity index is 724. The van der Waals surface area contributed by atoms with Crippen LogP contribution in [0.5, 0.6) is 0 Å². The van der Waals surface area contributed by atoms with Gasteiger partial charge in [0.25, 0.3) is 5.91 Å². The van der Waals surface area contributed by atoms with Gasteiger partial charge in [-0.1, -0.05) is 32.4 Å². The second-order valence-electron chi connectivity index (χ2n) is 7.23. The molecule has 1 aliphatic heterocycles. The summed E-state index contributed by atoms with van der Waals surface area (Å²) in [7, 11) is 0. The normalized spacial score (nSPS) is 18.2. The van der Waals surface area contributed by atoms with Crippen LogP contribution in [0.3, 0.4) is 0 Å². The first-order valence-corrected chi connectivity index (χ1v) is 9.53. The quantitative estimate of drug-likeness (QED) is 0.771. The lowest BCUT2D eigenvalue weighted by atomic mass is 9.95. The van der Waals surface area contributed by atoms with Gasteiger partial charge in [-0.2, -0.15) is 5.10 Å². The molecule has 4 nitrogen and oxygen atoms in total. The van der Waals surface area contributed by atoms with Crippen molar-refractivity contribution >= 4 is 28.8 Å². The van der Waals surface area contributed by atoms with Crippen molar-refractivity contribution in [1.82, 2.24) is 9.78 Å². The van der Waals surface area contributed by atoms with Gasteiger partial charge >= 0.3 is 0 Å². The highest BCUT2D eigenvalue weighted by molar-refractivity contribution is 7.16. The van der Waals surface area contributed by atoms with E-state index in [4.69, 9.17) is 16.3 Å². The van der Waals surface area contributed by atoms with Gasteiger partial charge in [0.05, 0.1) is 10.0 Å². The Kier molecular flexibility index (Phi) is 5.13. The van der Waals surface area contributed by atoms with Crippen molar-refractivity contribution in [2.24, 2.45) is 5.41 Å². The largest absolute Gasteiger partial charge is 0.372 e. The number of rotatable bonds is 4. The molecule has 0 bridgehead atoms. The van der Waals surface area contributed by atoms with Gasteiger partial charge in [0.15, 0.2) is 0 Å². The number of aromatic nitrogens is 2. The highest BCUT2D eigenvalue weighted by Crippen LogP contribution is 2.30. The third kappa shape index (κ3) is 3.90. The van der Waals surface area contributed by atoms with E-state index in [1.54, 1.807) is 16.0 Å². The SMILES string of the molecule is CC(C)(C)C(=O)n1nc(C2CCCO2)cc1CCc1ccc(Cl)s1. The summed E-state index contributed by atoms with van der Waals surface area (Å²) >= 11 is 7.59. The van der Waals surface area contributed by atoms with Gasteiger partial charge in [-0.3, -0.25) is 4.79 Å². The zero-order valence-electron chi connectivity index (χ0n) is 14.3. The molecular weight excluding hydrogens is 344 g/mol. The third-order valence-corrected chi connectivity index (χ3v) is 5.44. The summed E-state index contributed by atoms with van der Waals surface area (Å²) in [5.41, 5.74) is 1.36. The first-order chi connectivity index (χ1) is 11.3. The Labute approximate surface area is 151 Å². The maximum absolute atomic E-state index is 12.8. The number of ether oxygens (including phenoxy) is 1. The van der Waals surface area contributed by atoms with Crippen LogP contribution in [0.1, 0.15) is 60.8 Å². The minimum absolute atomic E-state index is 0.0194. The molecule has 1 unspecified atom stereocenters. The van der Waals surface area contributed by atoms with Crippen LogP contribution in [0.2, 0.25) is 4.34 Å². The van der Waals surface area contributed by atoms with E-state index < -0.39 is 5.41 Å². The molecule has 1 fully saturated rings. The molecule has 2 aromatic rings. The maximum Gasteiger partial charge on any atom is 0.252 e. The molecule has 1 atom stereocenters. The zero-order valence-corrected chi connectivity index (χ0v) is 15.9. The molecular formula is C18H23ClN2O2S. The van der Waals surface area contributed by atoms with Crippen LogP contribution in [0.4, 0.5) is 0 Å². The summed E-state index contributed by atoms with van der Waals surface area (Å²) < 4.78 is 8.12. The standard InChI is InChI=1S/C18H23ClN2O2S/c1-18(2,3)17(22)21-12(6-7-13-8-9-16(19)24-13)11-14(20-21)15-5-4-10-23-15/h8-9,11,15H,4-7,10H2,1-3H3. The van der Waals surface area contributed by atoms with Gasteiger partial charge in [-0.25, -0.2) is 4.68 Å². The van der Waals surface area contributed by atoms with E-state index in [0.717, 1.165) is 48.0 Å². The van der Waals surface area contributed by atoms with Crippen LogP contribution in [-0.2, 0) is 17.6 Å². The second kappa shape index (κ2) is 6.98. The molecule has 3 heterocycles. The van der Waals surface area contributed by atoms with Crippen molar-refractivity contribution in [2.75, 3.05) is 6.61 Å². The number of halogens is 1. The van der Waals surface area contributed by atoms with Crippen molar-refractivity contribution in [2.45, 2.75) is 52.6 Å². The lowest BCUT2D eigenvalue weighted by molar-refractivity contribution is 0.0738. The van der Waals surface area contributed by atoms with Gasteiger partial charge in [0.2, 0.25) is 0 Å². The Morgan fingerprint density at radius 3 is 2.79 bits per heavy atom. The summed E-state index contributed by atoms with van der Waals surface area (Å²) in [6.45, 7) is 6.54. The number of hydrogen-bond donors (Lipinski definition) is 0. The third-order valence-electron chi connectivity index (χ3n) is 4.15. The summed E-state index contributed by atoms with van der Waals surface area (Å²) in [5, 5.41) is 4.60. The van der Waals surface area contributed by atoms with E-state index in [9.17, 15) is 4.79 Å². The number of hydrogen-bond acceptors (Lipinski definition) is 4. The predicted molar refractivity (Wildman–Crippen MR) is 97.0 cm³/mol. The molecule has 0 radical (unpaired) electrons. The van der Waals surface area contributed by atoms with Crippen LogP contribution in [0, 0.1) is 5.41 Å². The van der Waals surface area contributed by atoms with Crippen LogP contribution < -0.4 is 0 Å². The molecule has 3 rings (SSSR count). The molecule has 1 aliphatic rings. The Hall–Kier alpha value is -1.17. The van der Waals surface area contributed by atoms with Crippen LogP contribution in [0.15, 0.2) is 18.2 Å². The van der Waals surface area contributed by atoms with Gasteiger partial charge in [-0.05, 0) is 43.9 Å². The fourth-order valence-corrected chi connectivity index (χ4v) is 3.90. The number of aryl methyl sites for hydroxylation is 2. The van der Waals surface area contributed by atoms with Gasteiger partial charge in [0, 0.05) is 22.6 Å². The number of carbonyl (C=O) groups is 1. The summed E-state index contributed by atoms with van der Waals surface area (Å²) in [6.07, 6.45) is 3.66. The van der Waals surface area contributed by atoms with Crippen LogP contribution in [0.25, 0.3) is 0 Å². The average Bonchev–Trinajstić information content (AvgIpc) is 3.23.